The first-order valence-corrected chi connectivity index (χ1v) is 5.30. The first-order valence-electron chi connectivity index (χ1n) is 5.30. The second-order valence-corrected chi connectivity index (χ2v) is 4.05. The lowest BCUT2D eigenvalue weighted by Crippen LogP contribution is -2.54. The van der Waals surface area contributed by atoms with Gasteiger partial charge >= 0.3 is 0 Å². The summed E-state index contributed by atoms with van der Waals surface area (Å²) in [4.78, 5) is 24.3. The van der Waals surface area contributed by atoms with Crippen LogP contribution in [0.4, 0.5) is 0 Å². The van der Waals surface area contributed by atoms with Crippen LogP contribution in [0.3, 0.4) is 0 Å². The van der Waals surface area contributed by atoms with E-state index in [4.69, 9.17) is 9.84 Å². The minimum absolute atomic E-state index is 0.0396. The molecule has 0 bridgehead atoms. The average molecular weight is 243 g/mol. The Labute approximate surface area is 99.5 Å². The van der Waals surface area contributed by atoms with Crippen molar-refractivity contribution in [3.8, 4) is 0 Å². The maximum Gasteiger partial charge on any atom is 0.256 e. The van der Waals surface area contributed by atoms with E-state index >= 15 is 0 Å². The maximum absolute atomic E-state index is 11.7. The Balaban J connectivity index is 2.95. The standard InChI is InChI=1S/C11H17NO5/c1-7-6-9(14)12(10(7)15)8(2)11(16,17-3)4-5-13/h8,13,16H,1,4-6H2,2-3H3. The minimum atomic E-state index is -1.75. The molecule has 6 heteroatoms. The molecule has 1 heterocycles. The molecule has 17 heavy (non-hydrogen) atoms. The van der Waals surface area contributed by atoms with Gasteiger partial charge in [0.2, 0.25) is 5.91 Å². The molecule has 0 aromatic carbocycles. The number of hydrogen-bond acceptors (Lipinski definition) is 5. The fraction of sp³-hybridized carbons (Fsp3) is 0.636. The maximum atomic E-state index is 11.7. The molecule has 0 spiro atoms. The Morgan fingerprint density at radius 1 is 1.59 bits per heavy atom. The predicted octanol–water partition coefficient (Wildman–Crippen LogP) is -0.593. The van der Waals surface area contributed by atoms with Crippen LogP contribution in [0, 0.1) is 0 Å². The summed E-state index contributed by atoms with van der Waals surface area (Å²) in [6.07, 6.45) is -0.129. The Kier molecular flexibility index (Phi) is 4.03. The van der Waals surface area contributed by atoms with Crippen LogP contribution < -0.4 is 0 Å². The van der Waals surface area contributed by atoms with Crippen LogP contribution in [0.1, 0.15) is 19.8 Å². The quantitative estimate of drug-likeness (QED) is 0.383. The topological polar surface area (TPSA) is 87.1 Å². The number of amides is 2. The summed E-state index contributed by atoms with van der Waals surface area (Å²) in [5.74, 6) is -2.66. The lowest BCUT2D eigenvalue weighted by molar-refractivity contribution is -0.227. The number of imide groups is 1. The third-order valence-corrected chi connectivity index (χ3v) is 3.02. The molecule has 2 N–H and O–H groups in total. The smallest absolute Gasteiger partial charge is 0.256 e. The average Bonchev–Trinajstić information content (AvgIpc) is 2.52. The molecule has 2 amide bonds. The van der Waals surface area contributed by atoms with Gasteiger partial charge in [-0.05, 0) is 6.92 Å². The minimum Gasteiger partial charge on any atom is -0.396 e. The molecule has 1 saturated heterocycles. The Hall–Kier alpha value is -1.24. The van der Waals surface area contributed by atoms with Crippen LogP contribution in [0.15, 0.2) is 12.2 Å². The number of aliphatic hydroxyl groups is 2. The van der Waals surface area contributed by atoms with E-state index in [-0.39, 0.29) is 25.0 Å². The van der Waals surface area contributed by atoms with Gasteiger partial charge in [-0.25, -0.2) is 0 Å². The largest absolute Gasteiger partial charge is 0.396 e. The van der Waals surface area contributed by atoms with Gasteiger partial charge in [-0.2, -0.15) is 0 Å². The molecule has 0 radical (unpaired) electrons. The number of ether oxygens (including phenoxy) is 1. The molecule has 0 aromatic heterocycles. The van der Waals surface area contributed by atoms with E-state index < -0.39 is 23.6 Å². The normalized spacial score (nSPS) is 21.9. The van der Waals surface area contributed by atoms with E-state index in [1.165, 1.54) is 14.0 Å². The van der Waals surface area contributed by atoms with Crippen LogP contribution in [-0.4, -0.2) is 52.5 Å². The number of hydrogen-bond donors (Lipinski definition) is 2. The van der Waals surface area contributed by atoms with Crippen molar-refractivity contribution >= 4 is 11.8 Å². The SMILES string of the molecule is C=C1CC(=O)N(C(C)C(O)(CCO)OC)C1=O. The fourth-order valence-corrected chi connectivity index (χ4v) is 1.86. The van der Waals surface area contributed by atoms with Crippen molar-refractivity contribution in [1.82, 2.24) is 4.90 Å². The highest BCUT2D eigenvalue weighted by atomic mass is 16.6. The molecule has 0 saturated carbocycles. The fourth-order valence-electron chi connectivity index (χ4n) is 1.86. The summed E-state index contributed by atoms with van der Waals surface area (Å²) >= 11 is 0. The first-order chi connectivity index (χ1) is 7.87. The first kappa shape index (κ1) is 13.8. The highest BCUT2D eigenvalue weighted by Crippen LogP contribution is 2.27. The molecular formula is C11H17NO5. The van der Waals surface area contributed by atoms with Gasteiger partial charge in [0.15, 0.2) is 5.79 Å². The molecule has 0 aromatic rings. The number of nitrogens with zero attached hydrogens (tertiary/aromatic N) is 1. The monoisotopic (exact) mass is 243 g/mol. The number of carbonyl (C=O) groups excluding carboxylic acids is 2. The van der Waals surface area contributed by atoms with Crippen LogP contribution >= 0.6 is 0 Å². The van der Waals surface area contributed by atoms with E-state index in [2.05, 4.69) is 6.58 Å². The summed E-state index contributed by atoms with van der Waals surface area (Å²) in [6.45, 7) is 4.67. The second kappa shape index (κ2) is 4.95. The molecule has 1 fully saturated rings. The summed E-state index contributed by atoms with van der Waals surface area (Å²) in [6, 6.07) is -0.876. The highest BCUT2D eigenvalue weighted by Gasteiger charge is 2.45. The van der Waals surface area contributed by atoms with E-state index in [1.807, 2.05) is 0 Å². The van der Waals surface area contributed by atoms with Gasteiger partial charge in [-0.1, -0.05) is 6.58 Å². The van der Waals surface area contributed by atoms with Crippen LogP contribution in [-0.2, 0) is 14.3 Å². The lowest BCUT2D eigenvalue weighted by atomic mass is 10.0. The third-order valence-electron chi connectivity index (χ3n) is 3.02. The Morgan fingerprint density at radius 3 is 2.53 bits per heavy atom. The number of methoxy groups -OCH3 is 1. The van der Waals surface area contributed by atoms with Crippen LogP contribution in [0.25, 0.3) is 0 Å². The number of carbonyl (C=O) groups is 2. The van der Waals surface area contributed by atoms with Crippen molar-refractivity contribution in [1.29, 1.82) is 0 Å². The molecule has 1 aliphatic rings. The van der Waals surface area contributed by atoms with Gasteiger partial charge in [-0.15, -0.1) is 0 Å². The zero-order chi connectivity index (χ0) is 13.2. The van der Waals surface area contributed by atoms with Crippen molar-refractivity contribution < 1.29 is 24.5 Å². The second-order valence-electron chi connectivity index (χ2n) is 4.05. The Morgan fingerprint density at radius 2 is 2.18 bits per heavy atom. The van der Waals surface area contributed by atoms with Crippen LogP contribution in [0.5, 0.6) is 0 Å². The summed E-state index contributed by atoms with van der Waals surface area (Å²) in [5, 5.41) is 19.0. The summed E-state index contributed by atoms with van der Waals surface area (Å²) < 4.78 is 4.90. The van der Waals surface area contributed by atoms with Gasteiger partial charge in [-0.3, -0.25) is 14.5 Å². The Bertz CT molecular complexity index is 354. The molecular weight excluding hydrogens is 226 g/mol. The summed E-state index contributed by atoms with van der Waals surface area (Å²) in [7, 11) is 1.26. The van der Waals surface area contributed by atoms with Gasteiger partial charge in [0.1, 0.15) is 0 Å². The molecule has 1 rings (SSSR count). The predicted molar refractivity (Wildman–Crippen MR) is 58.7 cm³/mol. The lowest BCUT2D eigenvalue weighted by Gasteiger charge is -2.36. The molecule has 6 nitrogen and oxygen atoms in total. The molecule has 96 valence electrons. The molecule has 2 atom stereocenters. The van der Waals surface area contributed by atoms with Gasteiger partial charge in [0.05, 0.1) is 12.5 Å². The van der Waals surface area contributed by atoms with Crippen molar-refractivity contribution in [2.24, 2.45) is 0 Å². The van der Waals surface area contributed by atoms with E-state index in [9.17, 15) is 14.7 Å². The zero-order valence-electron chi connectivity index (χ0n) is 9.97. The van der Waals surface area contributed by atoms with Crippen molar-refractivity contribution in [2.75, 3.05) is 13.7 Å². The zero-order valence-corrected chi connectivity index (χ0v) is 9.97. The molecule has 1 aliphatic heterocycles. The van der Waals surface area contributed by atoms with Crippen molar-refractivity contribution in [3.05, 3.63) is 12.2 Å². The number of likely N-dealkylation sites (tertiary alicyclic amines) is 1. The van der Waals surface area contributed by atoms with Crippen LogP contribution in [0.2, 0.25) is 0 Å². The van der Waals surface area contributed by atoms with E-state index in [0.29, 0.717) is 0 Å². The summed E-state index contributed by atoms with van der Waals surface area (Å²) in [5.41, 5.74) is 0.198. The highest BCUT2D eigenvalue weighted by molar-refractivity contribution is 6.13. The number of aliphatic hydroxyl groups excluding tert-OH is 1. The molecule has 2 unspecified atom stereocenters. The van der Waals surface area contributed by atoms with E-state index in [0.717, 1.165) is 4.90 Å². The van der Waals surface area contributed by atoms with Gasteiger partial charge < -0.3 is 14.9 Å². The van der Waals surface area contributed by atoms with Crippen molar-refractivity contribution in [2.45, 2.75) is 31.6 Å². The van der Waals surface area contributed by atoms with Gasteiger partial charge in [0.25, 0.3) is 5.91 Å². The van der Waals surface area contributed by atoms with Crippen molar-refractivity contribution in [3.63, 3.8) is 0 Å². The van der Waals surface area contributed by atoms with Gasteiger partial charge in [0, 0.05) is 25.7 Å². The number of rotatable bonds is 5. The molecule has 0 aliphatic carbocycles. The van der Waals surface area contributed by atoms with E-state index in [1.54, 1.807) is 0 Å². The third kappa shape index (κ3) is 2.38.